The fourth-order valence-electron chi connectivity index (χ4n) is 11.6. The minimum absolute atomic E-state index is 0.0707. The van der Waals surface area contributed by atoms with Crippen LogP contribution in [-0.2, 0) is 16.2 Å². The van der Waals surface area contributed by atoms with Gasteiger partial charge in [0.2, 0.25) is 0 Å². The van der Waals surface area contributed by atoms with Gasteiger partial charge in [-0.1, -0.05) is 206 Å². The van der Waals surface area contributed by atoms with Crippen LogP contribution in [0.25, 0.3) is 61.0 Å². The summed E-state index contributed by atoms with van der Waals surface area (Å²) in [7, 11) is 0. The maximum absolute atomic E-state index is 5.89. The highest BCUT2D eigenvalue weighted by molar-refractivity contribution is 6.20. The Morgan fingerprint density at radius 1 is 0.388 bits per heavy atom. The number of rotatable bonds is 6. The Bertz CT molecular complexity index is 3520. The molecule has 2 nitrogen and oxygen atoms in total. The lowest BCUT2D eigenvalue weighted by molar-refractivity contribution is 0.660. The van der Waals surface area contributed by atoms with Crippen molar-refractivity contribution in [2.24, 2.45) is 0 Å². The van der Waals surface area contributed by atoms with Gasteiger partial charge in [0.05, 0.1) is 5.69 Å². The van der Waals surface area contributed by atoms with E-state index < -0.39 is 0 Å². The molecule has 0 heterocycles. The highest BCUT2D eigenvalue weighted by atomic mass is 15.1. The third kappa shape index (κ3) is 6.53. The zero-order chi connectivity index (χ0) is 46.2. The molecular formula is C65H56N2. The van der Waals surface area contributed by atoms with Crippen LogP contribution in [0.2, 0.25) is 0 Å². The van der Waals surface area contributed by atoms with Gasteiger partial charge in [-0.05, 0) is 132 Å². The van der Waals surface area contributed by atoms with E-state index in [4.69, 9.17) is 5.73 Å². The summed E-state index contributed by atoms with van der Waals surface area (Å²) >= 11 is 0. The average Bonchev–Trinajstić information content (AvgIpc) is 3.82. The zero-order valence-electron chi connectivity index (χ0n) is 39.4. The molecule has 0 aliphatic heterocycles. The Morgan fingerprint density at radius 3 is 1.49 bits per heavy atom. The predicted molar refractivity (Wildman–Crippen MR) is 288 cm³/mol. The first-order valence-electron chi connectivity index (χ1n) is 23.6. The second kappa shape index (κ2) is 15.7. The van der Waals surface area contributed by atoms with Crippen LogP contribution in [0, 0.1) is 0 Å². The molecule has 9 aromatic rings. The molecule has 0 unspecified atom stereocenters. The number of nitrogens with two attached hydrogens (primary N) is 1. The number of nitrogens with zero attached hydrogens (tertiary/aromatic N) is 1. The lowest BCUT2D eigenvalue weighted by Crippen LogP contribution is -2.17. The Hall–Kier alpha value is -7.68. The van der Waals surface area contributed by atoms with Crippen molar-refractivity contribution < 1.29 is 0 Å². The molecule has 3 aliphatic rings. The minimum Gasteiger partial charge on any atom is -0.399 e. The summed E-state index contributed by atoms with van der Waals surface area (Å²) in [5.74, 6) is 0. The molecule has 0 saturated carbocycles. The van der Waals surface area contributed by atoms with E-state index in [9.17, 15) is 0 Å². The number of para-hydroxylation sites is 1. The molecule has 0 atom stereocenters. The van der Waals surface area contributed by atoms with Crippen molar-refractivity contribution in [1.29, 1.82) is 0 Å². The van der Waals surface area contributed by atoms with E-state index >= 15 is 0 Å². The number of hydrogen-bond donors (Lipinski definition) is 1. The van der Waals surface area contributed by atoms with Gasteiger partial charge in [-0.15, -0.1) is 0 Å². The zero-order valence-corrected chi connectivity index (χ0v) is 39.4. The summed E-state index contributed by atoms with van der Waals surface area (Å²) in [6.07, 6.45) is 10.3. The topological polar surface area (TPSA) is 29.3 Å². The van der Waals surface area contributed by atoms with Gasteiger partial charge in [0.15, 0.2) is 0 Å². The van der Waals surface area contributed by atoms with Gasteiger partial charge in [0.1, 0.15) is 0 Å². The van der Waals surface area contributed by atoms with Crippen LogP contribution in [0.1, 0.15) is 80.5 Å². The highest BCUT2D eigenvalue weighted by Gasteiger charge is 2.39. The minimum atomic E-state index is -0.116. The number of anilines is 4. The lowest BCUT2D eigenvalue weighted by atomic mass is 9.81. The summed E-state index contributed by atoms with van der Waals surface area (Å²) < 4.78 is 0. The fourth-order valence-corrected chi connectivity index (χ4v) is 11.6. The van der Waals surface area contributed by atoms with Crippen molar-refractivity contribution in [3.8, 4) is 33.4 Å². The maximum atomic E-state index is 5.89. The molecule has 3 aliphatic carbocycles. The van der Waals surface area contributed by atoms with Crippen LogP contribution >= 0.6 is 0 Å². The molecule has 0 saturated heterocycles. The maximum Gasteiger partial charge on any atom is 0.0619 e. The molecule has 0 radical (unpaired) electrons. The van der Waals surface area contributed by atoms with Gasteiger partial charge in [-0.2, -0.15) is 0 Å². The molecule has 0 bridgehead atoms. The number of fused-ring (bicyclic) bond motifs is 11. The van der Waals surface area contributed by atoms with Crippen LogP contribution in [0.4, 0.5) is 22.7 Å². The standard InChI is InChI=1S/C50H41N.C15H15N/c1-6-7-8-12-21-36-35-22-13-14-25-40(35)48(43-31-42-38-24-16-18-27-45(38)50(4,5)47(42)32-41(36)43)51(33-19-10-9-11-20-33)34-28-29-39-37-23-15-17-26-44(37)49(2,3)46(39)30-34;1-15(2)13-6-4-3-5-11(13)12-8-7-10(16)9-14(12)15/h6-32H,1H2,2-5H3;3-9H,16H2,1-2H3/b8-7-,21-12-;. The fraction of sp³-hybridized carbons (Fsp3) is 0.138. The number of benzene rings is 9. The van der Waals surface area contributed by atoms with E-state index in [0.717, 1.165) is 17.1 Å². The van der Waals surface area contributed by atoms with Crippen LogP contribution in [0.5, 0.6) is 0 Å². The van der Waals surface area contributed by atoms with Crippen LogP contribution < -0.4 is 10.6 Å². The van der Waals surface area contributed by atoms with E-state index in [2.05, 4.69) is 241 Å². The predicted octanol–water partition coefficient (Wildman–Crippen LogP) is 17.4. The van der Waals surface area contributed by atoms with E-state index in [1.165, 1.54) is 99.6 Å². The van der Waals surface area contributed by atoms with Crippen molar-refractivity contribution in [2.75, 3.05) is 10.6 Å². The molecule has 0 fully saturated rings. The van der Waals surface area contributed by atoms with Crippen molar-refractivity contribution >= 4 is 50.4 Å². The lowest BCUT2D eigenvalue weighted by Gasteiger charge is -2.31. The molecule has 0 aromatic heterocycles. The van der Waals surface area contributed by atoms with Crippen LogP contribution in [0.15, 0.2) is 207 Å². The van der Waals surface area contributed by atoms with Gasteiger partial charge in [-0.25, -0.2) is 0 Å². The molecule has 0 amide bonds. The first kappa shape index (κ1) is 42.0. The van der Waals surface area contributed by atoms with Gasteiger partial charge in [0.25, 0.3) is 0 Å². The van der Waals surface area contributed by atoms with Crippen molar-refractivity contribution in [2.45, 2.75) is 57.8 Å². The van der Waals surface area contributed by atoms with Crippen molar-refractivity contribution in [3.05, 3.63) is 246 Å². The van der Waals surface area contributed by atoms with E-state index in [1.807, 2.05) is 18.2 Å². The third-order valence-electron chi connectivity index (χ3n) is 15.0. The Labute approximate surface area is 396 Å². The van der Waals surface area contributed by atoms with Crippen LogP contribution in [-0.4, -0.2) is 0 Å². The van der Waals surface area contributed by atoms with E-state index in [-0.39, 0.29) is 16.2 Å². The monoisotopic (exact) mass is 864 g/mol. The Morgan fingerprint density at radius 2 is 0.881 bits per heavy atom. The third-order valence-corrected chi connectivity index (χ3v) is 15.0. The Balaban J connectivity index is 0.000000259. The molecule has 2 heteroatoms. The first-order chi connectivity index (χ1) is 32.4. The van der Waals surface area contributed by atoms with Gasteiger partial charge >= 0.3 is 0 Å². The normalized spacial score (nSPS) is 15.1. The summed E-state index contributed by atoms with van der Waals surface area (Å²) in [5, 5.41) is 4.93. The van der Waals surface area contributed by atoms with Gasteiger partial charge in [0, 0.05) is 44.1 Å². The number of allylic oxidation sites excluding steroid dienone is 4. The SMILES string of the molecule is C=C/C=C\C=C/c1c2ccccc2c(N(c2ccccc2)c2ccc3c(c2)C(C)(C)c2ccccc2-3)c2cc3c(cc12)C(C)(C)c1ccccc1-3.CC1(C)c2ccccc2-c2ccc(N)cc21. The molecule has 9 aromatic carbocycles. The number of hydrogen-bond acceptors (Lipinski definition) is 2. The smallest absolute Gasteiger partial charge is 0.0619 e. The number of nitrogen functional groups attached to an aromatic ring is 1. The largest absolute Gasteiger partial charge is 0.399 e. The van der Waals surface area contributed by atoms with E-state index in [1.54, 1.807) is 0 Å². The second-order valence-corrected chi connectivity index (χ2v) is 19.9. The highest BCUT2D eigenvalue weighted by Crippen LogP contribution is 2.55. The molecule has 12 rings (SSSR count). The quantitative estimate of drug-likeness (QED) is 0.102. The van der Waals surface area contributed by atoms with Crippen LogP contribution in [0.3, 0.4) is 0 Å². The van der Waals surface area contributed by atoms with Crippen molar-refractivity contribution in [3.63, 3.8) is 0 Å². The second-order valence-electron chi connectivity index (χ2n) is 19.9. The van der Waals surface area contributed by atoms with Gasteiger partial charge in [-0.3, -0.25) is 0 Å². The molecule has 67 heavy (non-hydrogen) atoms. The van der Waals surface area contributed by atoms with E-state index in [0.29, 0.717) is 0 Å². The summed E-state index contributed by atoms with van der Waals surface area (Å²) in [5.41, 5.74) is 27.5. The average molecular weight is 865 g/mol. The summed E-state index contributed by atoms with van der Waals surface area (Å²) in [6.45, 7) is 17.9. The molecule has 0 spiro atoms. The molecular weight excluding hydrogens is 809 g/mol. The molecule has 326 valence electrons. The summed E-state index contributed by atoms with van der Waals surface area (Å²) in [4.78, 5) is 2.51. The van der Waals surface area contributed by atoms with Crippen molar-refractivity contribution in [1.82, 2.24) is 0 Å². The Kier molecular flexibility index (Phi) is 9.87. The first-order valence-corrected chi connectivity index (χ1v) is 23.6. The van der Waals surface area contributed by atoms with Gasteiger partial charge < -0.3 is 10.6 Å². The molecule has 2 N–H and O–H groups in total. The summed E-state index contributed by atoms with van der Waals surface area (Å²) in [6, 6.07) is 64.6.